The summed E-state index contributed by atoms with van der Waals surface area (Å²) in [4.78, 5) is 29.5. The predicted molar refractivity (Wildman–Crippen MR) is 143 cm³/mol. The van der Waals surface area contributed by atoms with Crippen molar-refractivity contribution in [1.82, 2.24) is 4.98 Å². The first kappa shape index (κ1) is 26.7. The lowest BCUT2D eigenvalue weighted by molar-refractivity contribution is -0.223. The van der Waals surface area contributed by atoms with Gasteiger partial charge in [-0.2, -0.15) is 0 Å². The van der Waals surface area contributed by atoms with Crippen molar-refractivity contribution in [2.75, 3.05) is 0 Å². The van der Waals surface area contributed by atoms with Gasteiger partial charge >= 0.3 is 0 Å². The number of allylic oxidation sites excluding steroid dienone is 4. The summed E-state index contributed by atoms with van der Waals surface area (Å²) in [5, 5.41) is 26.3. The number of thiazole rings is 1. The number of alkyl halides is 1. The number of halogens is 2. The predicted octanol–water partition coefficient (Wildman–Crippen LogP) is 5.51. The lowest BCUT2D eigenvalue weighted by atomic mass is 9.44. The number of nitrogens with zero attached hydrogens (tertiary/aromatic N) is 1. The molecule has 1 aromatic carbocycles. The molecule has 6 rings (SSSR count). The van der Waals surface area contributed by atoms with Gasteiger partial charge in [0.15, 0.2) is 17.2 Å². The molecule has 0 radical (unpaired) electrons. The van der Waals surface area contributed by atoms with E-state index in [1.165, 1.54) is 47.8 Å². The molecule has 2 aromatic rings. The summed E-state index contributed by atoms with van der Waals surface area (Å²) in [6.07, 6.45) is 4.95. The molecule has 3 saturated carbocycles. The monoisotopic (exact) mass is 553 g/mol. The van der Waals surface area contributed by atoms with Crippen LogP contribution in [-0.4, -0.2) is 38.5 Å². The quantitative estimate of drug-likeness (QED) is 0.488. The van der Waals surface area contributed by atoms with Crippen LogP contribution in [0.15, 0.2) is 53.4 Å². The molecule has 2 N–H and O–H groups in total. The van der Waals surface area contributed by atoms with Crippen LogP contribution in [0.5, 0.6) is 0 Å². The fraction of sp³-hybridized carbons (Fsp3) is 0.516. The molecule has 4 aliphatic rings. The van der Waals surface area contributed by atoms with Crippen LogP contribution in [0.1, 0.15) is 67.5 Å². The zero-order chi connectivity index (χ0) is 28.0. The zero-order valence-corrected chi connectivity index (χ0v) is 23.1. The van der Waals surface area contributed by atoms with E-state index in [4.69, 9.17) is 4.98 Å². The molecule has 0 aliphatic heterocycles. The van der Waals surface area contributed by atoms with E-state index < -0.39 is 39.9 Å². The van der Waals surface area contributed by atoms with Crippen LogP contribution in [0.25, 0.3) is 0 Å². The highest BCUT2D eigenvalue weighted by atomic mass is 32.1. The minimum absolute atomic E-state index is 0.0261. The molecule has 0 bridgehead atoms. The summed E-state index contributed by atoms with van der Waals surface area (Å²) in [5.41, 5.74) is -3.72. The van der Waals surface area contributed by atoms with E-state index in [0.29, 0.717) is 35.5 Å². The fourth-order valence-corrected chi connectivity index (χ4v) is 9.38. The van der Waals surface area contributed by atoms with Gasteiger partial charge in [0.05, 0.1) is 18.2 Å². The third kappa shape index (κ3) is 3.50. The Bertz CT molecular complexity index is 1420. The van der Waals surface area contributed by atoms with Crippen LogP contribution < -0.4 is 0 Å². The van der Waals surface area contributed by atoms with Crippen molar-refractivity contribution >= 4 is 22.9 Å². The Morgan fingerprint density at radius 2 is 1.92 bits per heavy atom. The molecular weight excluding hydrogens is 520 g/mol. The fourth-order valence-electron chi connectivity index (χ4n) is 8.53. The third-order valence-corrected chi connectivity index (χ3v) is 11.5. The number of carbonyl (C=O) groups is 2. The molecule has 1 heterocycles. The van der Waals surface area contributed by atoms with E-state index in [-0.39, 0.29) is 36.2 Å². The van der Waals surface area contributed by atoms with E-state index in [2.05, 4.69) is 0 Å². The number of fused-ring (bicyclic) bond motifs is 5. The molecule has 3 fully saturated rings. The Morgan fingerprint density at radius 3 is 2.64 bits per heavy atom. The van der Waals surface area contributed by atoms with Crippen molar-refractivity contribution < 1.29 is 28.6 Å². The number of aliphatic hydroxyl groups excluding tert-OH is 1. The second-order valence-electron chi connectivity index (χ2n) is 12.4. The Morgan fingerprint density at radius 1 is 1.21 bits per heavy atom. The topological polar surface area (TPSA) is 87.5 Å². The van der Waals surface area contributed by atoms with Gasteiger partial charge in [0.1, 0.15) is 16.4 Å². The van der Waals surface area contributed by atoms with Gasteiger partial charge in [-0.25, -0.2) is 13.8 Å². The molecule has 0 spiro atoms. The first-order chi connectivity index (χ1) is 18.3. The number of aliphatic hydroxyl groups is 2. The number of benzene rings is 1. The maximum absolute atomic E-state index is 17.4. The maximum Gasteiger partial charge on any atom is 0.178 e. The molecule has 1 aromatic heterocycles. The minimum Gasteiger partial charge on any atom is -0.390 e. The number of carbonyl (C=O) groups excluding carboxylic acids is 2. The van der Waals surface area contributed by atoms with Crippen molar-refractivity contribution in [2.24, 2.45) is 28.6 Å². The van der Waals surface area contributed by atoms with Crippen LogP contribution in [0, 0.1) is 34.4 Å². The zero-order valence-electron chi connectivity index (χ0n) is 22.3. The molecule has 0 amide bonds. The highest BCUT2D eigenvalue weighted by Crippen LogP contribution is 2.72. The van der Waals surface area contributed by atoms with Crippen molar-refractivity contribution in [2.45, 2.75) is 70.2 Å². The van der Waals surface area contributed by atoms with Gasteiger partial charge in [-0.3, -0.25) is 9.59 Å². The molecule has 5 nitrogen and oxygen atoms in total. The lowest BCUT2D eigenvalue weighted by Crippen LogP contribution is -2.68. The number of hydrogen-bond acceptors (Lipinski definition) is 6. The van der Waals surface area contributed by atoms with Crippen LogP contribution in [0.3, 0.4) is 0 Å². The highest BCUT2D eigenvalue weighted by Gasteiger charge is 2.74. The van der Waals surface area contributed by atoms with E-state index in [0.717, 1.165) is 5.57 Å². The molecule has 0 unspecified atom stereocenters. The Balaban J connectivity index is 1.33. The average molecular weight is 554 g/mol. The molecule has 39 heavy (non-hydrogen) atoms. The first-order valence-electron chi connectivity index (χ1n) is 13.6. The molecule has 206 valence electrons. The summed E-state index contributed by atoms with van der Waals surface area (Å²) in [6, 6.07) is 5.38. The van der Waals surface area contributed by atoms with Crippen LogP contribution in [0.2, 0.25) is 0 Å². The number of rotatable bonds is 4. The van der Waals surface area contributed by atoms with E-state index in [1.807, 2.05) is 13.8 Å². The van der Waals surface area contributed by atoms with Gasteiger partial charge in [-0.15, -0.1) is 11.3 Å². The first-order valence-corrected chi connectivity index (χ1v) is 14.5. The van der Waals surface area contributed by atoms with Gasteiger partial charge in [-0.05, 0) is 80.9 Å². The van der Waals surface area contributed by atoms with Crippen LogP contribution >= 0.6 is 11.3 Å². The molecule has 8 atom stereocenters. The Hall–Kier alpha value is -2.55. The molecule has 0 saturated heterocycles. The summed E-state index contributed by atoms with van der Waals surface area (Å²) < 4.78 is 30.6. The average Bonchev–Trinajstić information content (AvgIpc) is 3.43. The van der Waals surface area contributed by atoms with E-state index in [1.54, 1.807) is 18.4 Å². The van der Waals surface area contributed by atoms with Crippen molar-refractivity contribution in [1.29, 1.82) is 0 Å². The van der Waals surface area contributed by atoms with E-state index in [9.17, 15) is 24.2 Å². The summed E-state index contributed by atoms with van der Waals surface area (Å²) in [7, 11) is 0. The molecule has 8 heteroatoms. The number of ketones is 2. The van der Waals surface area contributed by atoms with Crippen molar-refractivity contribution in [3.05, 3.63) is 75.5 Å². The highest BCUT2D eigenvalue weighted by molar-refractivity contribution is 7.09. The van der Waals surface area contributed by atoms with Crippen LogP contribution in [0.4, 0.5) is 8.78 Å². The number of aromatic nitrogens is 1. The molecular formula is C31H33F2NO4S. The second-order valence-corrected chi connectivity index (χ2v) is 13.3. The SMILES string of the molecule is C[C@@H]1C[C@H]2[C@@H]3CCC4=CC(=O)C=C[C@]4(C)[C@@]3(F)[C@@H](O)C[C@]2(C)[C@@]1(O)c1csc(CC(=O)c2ccc(F)cc2)n1. The van der Waals surface area contributed by atoms with Crippen LogP contribution in [-0.2, 0) is 16.8 Å². The minimum atomic E-state index is -1.96. The summed E-state index contributed by atoms with van der Waals surface area (Å²) in [5.74, 6) is -1.72. The summed E-state index contributed by atoms with van der Waals surface area (Å²) >= 11 is 1.29. The molecule has 4 aliphatic carbocycles. The van der Waals surface area contributed by atoms with Gasteiger partial charge in [0.2, 0.25) is 0 Å². The Kier molecular flexibility index (Phi) is 5.96. The normalized spacial score (nSPS) is 41.0. The standard InChI is InChI=1S/C31H33F2NO4S/c1-17-12-23-22-9-6-19-13-21(35)10-11-28(19,2)30(22,33)26(37)15-29(23,3)31(17,38)25-16-39-27(34-25)14-24(36)18-4-7-20(32)8-5-18/h4-5,7-8,10-11,13,16-17,22-23,26,37-38H,6,9,12,14-15H2,1-3H3/t17-,22+,23+,26+,28+,29+,30+,31+/m1/s1. The Labute approximate surface area is 230 Å². The van der Waals surface area contributed by atoms with Gasteiger partial charge in [-0.1, -0.05) is 25.5 Å². The van der Waals surface area contributed by atoms with Crippen molar-refractivity contribution in [3.63, 3.8) is 0 Å². The largest absolute Gasteiger partial charge is 0.390 e. The number of Topliss-reactive ketones (excluding diaryl/α,β-unsaturated/α-hetero) is 1. The third-order valence-electron chi connectivity index (χ3n) is 10.6. The number of hydrogen-bond donors (Lipinski definition) is 2. The smallest absolute Gasteiger partial charge is 0.178 e. The van der Waals surface area contributed by atoms with Crippen molar-refractivity contribution in [3.8, 4) is 0 Å². The van der Waals surface area contributed by atoms with Gasteiger partial charge in [0, 0.05) is 27.7 Å². The van der Waals surface area contributed by atoms with Gasteiger partial charge < -0.3 is 10.2 Å². The van der Waals surface area contributed by atoms with E-state index >= 15 is 4.39 Å². The van der Waals surface area contributed by atoms with Gasteiger partial charge in [0.25, 0.3) is 0 Å². The summed E-state index contributed by atoms with van der Waals surface area (Å²) in [6.45, 7) is 5.68. The maximum atomic E-state index is 17.4. The lowest BCUT2D eigenvalue weighted by Gasteiger charge is -2.62. The second kappa shape index (κ2) is 8.72.